The lowest BCUT2D eigenvalue weighted by Gasteiger charge is -2.03. The first-order chi connectivity index (χ1) is 11.1. The van der Waals surface area contributed by atoms with Crippen molar-refractivity contribution in [1.29, 1.82) is 0 Å². The smallest absolute Gasteiger partial charge is 0.387 e. The number of halogens is 2. The Morgan fingerprint density at radius 2 is 1.78 bits per heavy atom. The second-order valence-electron chi connectivity index (χ2n) is 4.75. The molecule has 0 unspecified atom stereocenters. The maximum atomic E-state index is 12.1. The second kappa shape index (κ2) is 6.39. The standard InChI is InChI=1S/C17H12F2N2O2/c18-17(19)23-12-8-5-11(6-9-12)7-10-15-20-14-4-2-1-3-13(14)16(22)21-15/h1-10,17H,(H,20,21,22). The van der Waals surface area contributed by atoms with Crippen LogP contribution >= 0.6 is 0 Å². The molecule has 0 spiro atoms. The van der Waals surface area contributed by atoms with Gasteiger partial charge in [0, 0.05) is 0 Å². The molecule has 2 aromatic carbocycles. The summed E-state index contributed by atoms with van der Waals surface area (Å²) in [5.74, 6) is 0.510. The summed E-state index contributed by atoms with van der Waals surface area (Å²) in [6.07, 6.45) is 3.37. The van der Waals surface area contributed by atoms with Crippen molar-refractivity contribution in [2.24, 2.45) is 0 Å². The van der Waals surface area contributed by atoms with Crippen LogP contribution in [0.5, 0.6) is 5.75 Å². The zero-order chi connectivity index (χ0) is 16.2. The van der Waals surface area contributed by atoms with Crippen LogP contribution in [0.2, 0.25) is 0 Å². The van der Waals surface area contributed by atoms with Gasteiger partial charge in [0.05, 0.1) is 10.9 Å². The third-order valence-electron chi connectivity index (χ3n) is 3.17. The number of ether oxygens (including phenoxy) is 1. The van der Waals surface area contributed by atoms with Gasteiger partial charge < -0.3 is 9.72 Å². The minimum absolute atomic E-state index is 0.0920. The molecule has 1 aromatic heterocycles. The van der Waals surface area contributed by atoms with Gasteiger partial charge in [-0.3, -0.25) is 4.79 Å². The van der Waals surface area contributed by atoms with E-state index >= 15 is 0 Å². The summed E-state index contributed by atoms with van der Waals surface area (Å²) in [5, 5.41) is 0.526. The van der Waals surface area contributed by atoms with Gasteiger partial charge in [-0.05, 0) is 35.9 Å². The molecule has 6 heteroatoms. The van der Waals surface area contributed by atoms with Crippen LogP contribution in [0.4, 0.5) is 8.78 Å². The lowest BCUT2D eigenvalue weighted by atomic mass is 10.2. The summed E-state index contributed by atoms with van der Waals surface area (Å²) in [4.78, 5) is 19.0. The lowest BCUT2D eigenvalue weighted by molar-refractivity contribution is -0.0498. The van der Waals surface area contributed by atoms with E-state index in [-0.39, 0.29) is 11.3 Å². The molecule has 0 aliphatic carbocycles. The second-order valence-corrected chi connectivity index (χ2v) is 4.75. The van der Waals surface area contributed by atoms with Crippen LogP contribution in [-0.4, -0.2) is 16.6 Å². The van der Waals surface area contributed by atoms with Gasteiger partial charge in [-0.15, -0.1) is 0 Å². The average Bonchev–Trinajstić information content (AvgIpc) is 2.54. The molecular formula is C17H12F2N2O2. The minimum atomic E-state index is -2.84. The molecule has 0 radical (unpaired) electrons. The normalized spacial score (nSPS) is 11.4. The monoisotopic (exact) mass is 314 g/mol. The molecule has 23 heavy (non-hydrogen) atoms. The van der Waals surface area contributed by atoms with E-state index in [0.717, 1.165) is 5.56 Å². The number of rotatable bonds is 4. The fraction of sp³-hybridized carbons (Fsp3) is 0.0588. The van der Waals surface area contributed by atoms with E-state index in [9.17, 15) is 13.6 Å². The predicted octanol–water partition coefficient (Wildman–Crippen LogP) is 3.69. The number of benzene rings is 2. The number of H-pyrrole nitrogens is 1. The van der Waals surface area contributed by atoms with Gasteiger partial charge >= 0.3 is 6.61 Å². The quantitative estimate of drug-likeness (QED) is 0.799. The van der Waals surface area contributed by atoms with Gasteiger partial charge in [-0.25, -0.2) is 4.98 Å². The largest absolute Gasteiger partial charge is 0.435 e. The summed E-state index contributed by atoms with van der Waals surface area (Å²) in [7, 11) is 0. The van der Waals surface area contributed by atoms with E-state index in [1.54, 1.807) is 42.5 Å². The third-order valence-corrected chi connectivity index (χ3v) is 3.17. The van der Waals surface area contributed by atoms with E-state index in [4.69, 9.17) is 0 Å². The average molecular weight is 314 g/mol. The molecule has 0 saturated carbocycles. The van der Waals surface area contributed by atoms with Crippen LogP contribution in [0.1, 0.15) is 11.4 Å². The molecule has 0 atom stereocenters. The van der Waals surface area contributed by atoms with E-state index in [0.29, 0.717) is 16.7 Å². The van der Waals surface area contributed by atoms with Crippen molar-refractivity contribution in [2.75, 3.05) is 0 Å². The van der Waals surface area contributed by atoms with Crippen molar-refractivity contribution in [3.05, 3.63) is 70.3 Å². The number of alkyl halides is 2. The number of fused-ring (bicyclic) bond motifs is 1. The fourth-order valence-electron chi connectivity index (χ4n) is 2.12. The zero-order valence-corrected chi connectivity index (χ0v) is 11.9. The van der Waals surface area contributed by atoms with Crippen molar-refractivity contribution in [3.8, 4) is 5.75 Å². The Kier molecular flexibility index (Phi) is 4.14. The zero-order valence-electron chi connectivity index (χ0n) is 11.9. The Labute approximate surface area is 130 Å². The Hall–Kier alpha value is -3.02. The first-order valence-corrected chi connectivity index (χ1v) is 6.84. The molecule has 3 rings (SSSR count). The van der Waals surface area contributed by atoms with E-state index in [2.05, 4.69) is 14.7 Å². The highest BCUT2D eigenvalue weighted by molar-refractivity contribution is 5.79. The molecule has 0 bridgehead atoms. The predicted molar refractivity (Wildman–Crippen MR) is 84.4 cm³/mol. The van der Waals surface area contributed by atoms with Crippen LogP contribution in [0.25, 0.3) is 23.1 Å². The highest BCUT2D eigenvalue weighted by atomic mass is 19.3. The SMILES string of the molecule is O=c1[nH]c(C=Cc2ccc(OC(F)F)cc2)nc2ccccc12. The maximum absolute atomic E-state index is 12.1. The summed E-state index contributed by atoms with van der Waals surface area (Å²) in [5.41, 5.74) is 1.16. The summed E-state index contributed by atoms with van der Waals surface area (Å²) in [6, 6.07) is 13.2. The van der Waals surface area contributed by atoms with E-state index in [1.165, 1.54) is 12.1 Å². The van der Waals surface area contributed by atoms with Crippen molar-refractivity contribution >= 4 is 23.1 Å². The maximum Gasteiger partial charge on any atom is 0.387 e. The molecule has 0 aliphatic heterocycles. The molecule has 3 aromatic rings. The molecule has 0 fully saturated rings. The van der Waals surface area contributed by atoms with E-state index in [1.807, 2.05) is 6.07 Å². The lowest BCUT2D eigenvalue weighted by Crippen LogP contribution is -2.09. The highest BCUT2D eigenvalue weighted by Crippen LogP contribution is 2.16. The number of nitrogens with one attached hydrogen (secondary N) is 1. The Bertz CT molecular complexity index is 902. The molecule has 0 aliphatic rings. The summed E-state index contributed by atoms with van der Waals surface area (Å²) < 4.78 is 28.4. The van der Waals surface area contributed by atoms with Gasteiger partial charge in [0.15, 0.2) is 0 Å². The molecule has 116 valence electrons. The van der Waals surface area contributed by atoms with Crippen molar-refractivity contribution in [3.63, 3.8) is 0 Å². The Morgan fingerprint density at radius 1 is 1.04 bits per heavy atom. The highest BCUT2D eigenvalue weighted by Gasteiger charge is 2.03. The Balaban J connectivity index is 1.84. The topological polar surface area (TPSA) is 55.0 Å². The number of nitrogens with zero attached hydrogens (tertiary/aromatic N) is 1. The molecule has 0 saturated heterocycles. The van der Waals surface area contributed by atoms with Crippen LogP contribution in [0.3, 0.4) is 0 Å². The minimum Gasteiger partial charge on any atom is -0.435 e. The first-order valence-electron chi connectivity index (χ1n) is 6.84. The molecule has 0 amide bonds. The van der Waals surface area contributed by atoms with Gasteiger partial charge in [0.1, 0.15) is 11.6 Å². The van der Waals surface area contributed by atoms with Crippen LogP contribution in [0, 0.1) is 0 Å². The number of para-hydroxylation sites is 1. The van der Waals surface area contributed by atoms with Gasteiger partial charge in [0.25, 0.3) is 5.56 Å². The van der Waals surface area contributed by atoms with E-state index < -0.39 is 6.61 Å². The number of hydrogen-bond acceptors (Lipinski definition) is 3. The van der Waals surface area contributed by atoms with Crippen molar-refractivity contribution in [2.45, 2.75) is 6.61 Å². The van der Waals surface area contributed by atoms with Crippen LogP contribution in [0.15, 0.2) is 53.3 Å². The summed E-state index contributed by atoms with van der Waals surface area (Å²) in [6.45, 7) is -2.84. The number of hydrogen-bond donors (Lipinski definition) is 1. The summed E-state index contributed by atoms with van der Waals surface area (Å²) >= 11 is 0. The van der Waals surface area contributed by atoms with Gasteiger partial charge in [-0.2, -0.15) is 8.78 Å². The third kappa shape index (κ3) is 3.60. The fourth-order valence-corrected chi connectivity index (χ4v) is 2.12. The molecule has 1 N–H and O–H groups in total. The Morgan fingerprint density at radius 3 is 2.52 bits per heavy atom. The van der Waals surface area contributed by atoms with Crippen molar-refractivity contribution in [1.82, 2.24) is 9.97 Å². The van der Waals surface area contributed by atoms with Crippen LogP contribution in [-0.2, 0) is 0 Å². The number of aromatic amines is 1. The number of aromatic nitrogens is 2. The molecule has 4 nitrogen and oxygen atoms in total. The molecular weight excluding hydrogens is 302 g/mol. The van der Waals surface area contributed by atoms with Gasteiger partial charge in [0.2, 0.25) is 0 Å². The molecule has 1 heterocycles. The van der Waals surface area contributed by atoms with Crippen molar-refractivity contribution < 1.29 is 13.5 Å². The van der Waals surface area contributed by atoms with Crippen LogP contribution < -0.4 is 10.3 Å². The first kappa shape index (κ1) is 14.9. The van der Waals surface area contributed by atoms with Gasteiger partial charge in [-0.1, -0.05) is 30.3 Å².